The minimum Gasteiger partial charge on any atom is -0.373 e. The fraction of sp³-hybridized carbons (Fsp3) is 0.455. The molecular formula is C11H17BrN2. The fourth-order valence-corrected chi connectivity index (χ4v) is 1.58. The van der Waals surface area contributed by atoms with Crippen molar-refractivity contribution < 1.29 is 0 Å². The number of hydrogen-bond donors (Lipinski definition) is 0. The molecule has 0 heterocycles. The number of hydrogen-bond acceptors (Lipinski definition) is 2. The molecule has 0 radical (unpaired) electrons. The first kappa shape index (κ1) is 11.5. The zero-order valence-corrected chi connectivity index (χ0v) is 10.6. The van der Waals surface area contributed by atoms with Crippen molar-refractivity contribution in [2.24, 2.45) is 0 Å². The average molecular weight is 257 g/mol. The van der Waals surface area contributed by atoms with E-state index in [1.165, 1.54) is 5.69 Å². The summed E-state index contributed by atoms with van der Waals surface area (Å²) in [6, 6.07) is 8.37. The number of benzene rings is 1. The van der Waals surface area contributed by atoms with Crippen LogP contribution in [-0.4, -0.2) is 39.1 Å². The Morgan fingerprint density at radius 2 is 1.86 bits per heavy atom. The minimum atomic E-state index is 1.05. The minimum absolute atomic E-state index is 1.05. The molecule has 0 aliphatic heterocycles. The summed E-state index contributed by atoms with van der Waals surface area (Å²) >= 11 is 3.47. The Morgan fingerprint density at radius 3 is 2.43 bits per heavy atom. The smallest absolute Gasteiger partial charge is 0.0375 e. The number of anilines is 1. The summed E-state index contributed by atoms with van der Waals surface area (Å²) in [7, 11) is 6.30. The van der Waals surface area contributed by atoms with E-state index >= 15 is 0 Å². The Morgan fingerprint density at radius 1 is 1.14 bits per heavy atom. The third kappa shape index (κ3) is 3.68. The summed E-state index contributed by atoms with van der Waals surface area (Å²) in [4.78, 5) is 4.44. The van der Waals surface area contributed by atoms with Gasteiger partial charge in [-0.25, -0.2) is 0 Å². The topological polar surface area (TPSA) is 6.48 Å². The van der Waals surface area contributed by atoms with Crippen molar-refractivity contribution in [3.8, 4) is 0 Å². The van der Waals surface area contributed by atoms with E-state index in [2.05, 4.69) is 65.1 Å². The predicted molar refractivity (Wildman–Crippen MR) is 66.0 cm³/mol. The van der Waals surface area contributed by atoms with E-state index in [1.54, 1.807) is 0 Å². The largest absolute Gasteiger partial charge is 0.373 e. The third-order valence-electron chi connectivity index (χ3n) is 2.13. The summed E-state index contributed by atoms with van der Waals surface area (Å²) in [5.74, 6) is 0. The maximum absolute atomic E-state index is 3.47. The molecule has 78 valence electrons. The lowest BCUT2D eigenvalue weighted by atomic mass is 10.3. The number of likely N-dealkylation sites (N-methyl/N-ethyl adjacent to an activating group) is 2. The van der Waals surface area contributed by atoms with Gasteiger partial charge in [-0.05, 0) is 32.3 Å². The van der Waals surface area contributed by atoms with Crippen LogP contribution >= 0.6 is 15.9 Å². The highest BCUT2D eigenvalue weighted by molar-refractivity contribution is 9.10. The van der Waals surface area contributed by atoms with E-state index in [9.17, 15) is 0 Å². The monoisotopic (exact) mass is 256 g/mol. The van der Waals surface area contributed by atoms with Gasteiger partial charge < -0.3 is 9.80 Å². The molecule has 0 unspecified atom stereocenters. The van der Waals surface area contributed by atoms with Crippen LogP contribution in [0.1, 0.15) is 0 Å². The second-order valence-electron chi connectivity index (χ2n) is 3.70. The SMILES string of the molecule is CN(C)CCN(C)c1cccc(Br)c1. The van der Waals surface area contributed by atoms with Gasteiger partial charge in [-0.3, -0.25) is 0 Å². The van der Waals surface area contributed by atoms with E-state index in [1.807, 2.05) is 6.07 Å². The van der Waals surface area contributed by atoms with E-state index in [-0.39, 0.29) is 0 Å². The first-order valence-electron chi connectivity index (χ1n) is 4.71. The second kappa shape index (κ2) is 5.37. The van der Waals surface area contributed by atoms with Gasteiger partial charge in [0.2, 0.25) is 0 Å². The lowest BCUT2D eigenvalue weighted by molar-refractivity contribution is 0.416. The molecular weight excluding hydrogens is 240 g/mol. The van der Waals surface area contributed by atoms with Crippen molar-refractivity contribution in [3.63, 3.8) is 0 Å². The summed E-state index contributed by atoms with van der Waals surface area (Å²) < 4.78 is 1.13. The summed E-state index contributed by atoms with van der Waals surface area (Å²) in [5, 5.41) is 0. The molecule has 0 atom stereocenters. The summed E-state index contributed by atoms with van der Waals surface area (Å²) in [6.45, 7) is 2.12. The molecule has 0 spiro atoms. The van der Waals surface area contributed by atoms with Gasteiger partial charge in [0.15, 0.2) is 0 Å². The fourth-order valence-electron chi connectivity index (χ4n) is 1.19. The lowest BCUT2D eigenvalue weighted by Crippen LogP contribution is -2.28. The van der Waals surface area contributed by atoms with Crippen LogP contribution in [0.5, 0.6) is 0 Å². The van der Waals surface area contributed by atoms with E-state index in [0.717, 1.165) is 17.6 Å². The molecule has 14 heavy (non-hydrogen) atoms. The van der Waals surface area contributed by atoms with Gasteiger partial charge in [0.05, 0.1) is 0 Å². The third-order valence-corrected chi connectivity index (χ3v) is 2.62. The van der Waals surface area contributed by atoms with Gasteiger partial charge in [0, 0.05) is 30.3 Å². The van der Waals surface area contributed by atoms with Crippen molar-refractivity contribution in [3.05, 3.63) is 28.7 Å². The van der Waals surface area contributed by atoms with Gasteiger partial charge in [0.25, 0.3) is 0 Å². The Balaban J connectivity index is 2.56. The number of nitrogens with zero attached hydrogens (tertiary/aromatic N) is 2. The quantitative estimate of drug-likeness (QED) is 0.817. The van der Waals surface area contributed by atoms with Crippen molar-refractivity contribution in [1.82, 2.24) is 4.90 Å². The number of rotatable bonds is 4. The molecule has 0 bridgehead atoms. The molecule has 0 aliphatic carbocycles. The lowest BCUT2D eigenvalue weighted by Gasteiger charge is -2.21. The highest BCUT2D eigenvalue weighted by atomic mass is 79.9. The van der Waals surface area contributed by atoms with Crippen LogP contribution in [0.2, 0.25) is 0 Å². The molecule has 0 amide bonds. The molecule has 3 heteroatoms. The highest BCUT2D eigenvalue weighted by Gasteiger charge is 2.00. The van der Waals surface area contributed by atoms with Gasteiger partial charge in [-0.1, -0.05) is 22.0 Å². The van der Waals surface area contributed by atoms with Crippen LogP contribution < -0.4 is 4.90 Å². The molecule has 1 rings (SSSR count). The molecule has 0 aliphatic rings. The Hall–Kier alpha value is -0.540. The Kier molecular flexibility index (Phi) is 4.42. The number of halogens is 1. The van der Waals surface area contributed by atoms with Crippen LogP contribution in [0, 0.1) is 0 Å². The van der Waals surface area contributed by atoms with Crippen LogP contribution in [0.4, 0.5) is 5.69 Å². The van der Waals surface area contributed by atoms with Gasteiger partial charge >= 0.3 is 0 Å². The molecule has 0 saturated carbocycles. The van der Waals surface area contributed by atoms with E-state index in [0.29, 0.717) is 0 Å². The standard InChI is InChI=1S/C11H17BrN2/c1-13(2)7-8-14(3)11-6-4-5-10(12)9-11/h4-6,9H,7-8H2,1-3H3. The highest BCUT2D eigenvalue weighted by Crippen LogP contribution is 2.18. The van der Waals surface area contributed by atoms with Crippen molar-refractivity contribution in [2.45, 2.75) is 0 Å². The zero-order valence-electron chi connectivity index (χ0n) is 9.00. The Bertz CT molecular complexity index is 286. The first-order chi connectivity index (χ1) is 6.59. The normalized spacial score (nSPS) is 10.6. The summed E-state index contributed by atoms with van der Waals surface area (Å²) in [5.41, 5.74) is 1.25. The van der Waals surface area contributed by atoms with Crippen molar-refractivity contribution in [2.75, 3.05) is 39.1 Å². The van der Waals surface area contributed by atoms with Crippen molar-refractivity contribution >= 4 is 21.6 Å². The predicted octanol–water partition coefficient (Wildman–Crippen LogP) is 2.45. The molecule has 2 nitrogen and oxygen atoms in total. The Labute approximate surface area is 94.6 Å². The molecule has 0 aromatic heterocycles. The maximum atomic E-state index is 3.47. The first-order valence-corrected chi connectivity index (χ1v) is 5.50. The molecule has 0 N–H and O–H groups in total. The zero-order chi connectivity index (χ0) is 10.6. The average Bonchev–Trinajstić information content (AvgIpc) is 2.14. The molecule has 1 aromatic rings. The van der Waals surface area contributed by atoms with Crippen LogP contribution in [-0.2, 0) is 0 Å². The van der Waals surface area contributed by atoms with Crippen LogP contribution in [0.25, 0.3) is 0 Å². The van der Waals surface area contributed by atoms with Gasteiger partial charge in [-0.2, -0.15) is 0 Å². The second-order valence-corrected chi connectivity index (χ2v) is 4.62. The molecule has 0 fully saturated rings. The van der Waals surface area contributed by atoms with Crippen molar-refractivity contribution in [1.29, 1.82) is 0 Å². The van der Waals surface area contributed by atoms with E-state index in [4.69, 9.17) is 0 Å². The molecule has 0 saturated heterocycles. The van der Waals surface area contributed by atoms with Gasteiger partial charge in [0.1, 0.15) is 0 Å². The van der Waals surface area contributed by atoms with Crippen LogP contribution in [0.15, 0.2) is 28.7 Å². The van der Waals surface area contributed by atoms with Gasteiger partial charge in [-0.15, -0.1) is 0 Å². The molecule has 1 aromatic carbocycles. The summed E-state index contributed by atoms with van der Waals surface area (Å²) in [6.07, 6.45) is 0. The van der Waals surface area contributed by atoms with E-state index < -0.39 is 0 Å². The van der Waals surface area contributed by atoms with Crippen LogP contribution in [0.3, 0.4) is 0 Å². The maximum Gasteiger partial charge on any atom is 0.0375 e.